The van der Waals surface area contributed by atoms with Crippen LogP contribution in [0.25, 0.3) is 0 Å². The minimum atomic E-state index is -0.144. The Labute approximate surface area is 151 Å². The highest BCUT2D eigenvalue weighted by Crippen LogP contribution is 2.21. The van der Waals surface area contributed by atoms with Gasteiger partial charge >= 0.3 is 6.03 Å². The summed E-state index contributed by atoms with van der Waals surface area (Å²) in [5, 5.41) is 18.0. The van der Waals surface area contributed by atoms with Crippen molar-refractivity contribution in [2.45, 2.75) is 25.8 Å². The molecule has 1 aromatic heterocycles. The lowest BCUT2D eigenvalue weighted by Crippen LogP contribution is -2.48. The molecule has 0 spiro atoms. The average molecular weight is 364 g/mol. The highest BCUT2D eigenvalue weighted by Gasteiger charge is 2.26. The van der Waals surface area contributed by atoms with E-state index in [1.807, 2.05) is 12.1 Å². The number of halogens is 1. The molecule has 25 heavy (non-hydrogen) atoms. The molecule has 9 heteroatoms. The molecule has 0 saturated carbocycles. The number of hydrogen-bond acceptors (Lipinski definition) is 5. The Bertz CT molecular complexity index is 691. The number of aromatic amines is 1. The zero-order chi connectivity index (χ0) is 17.8. The maximum atomic E-state index is 12.6. The number of nitrogens with zero attached hydrogens (tertiary/aromatic N) is 5. The van der Waals surface area contributed by atoms with Crippen molar-refractivity contribution in [3.05, 3.63) is 29.3 Å². The molecule has 2 amide bonds. The molecule has 0 bridgehead atoms. The number of benzene rings is 1. The van der Waals surface area contributed by atoms with Crippen molar-refractivity contribution in [1.29, 1.82) is 0 Å². The Morgan fingerprint density at radius 3 is 2.84 bits per heavy atom. The van der Waals surface area contributed by atoms with E-state index < -0.39 is 0 Å². The first-order valence-corrected chi connectivity index (χ1v) is 8.69. The summed E-state index contributed by atoms with van der Waals surface area (Å²) in [6, 6.07) is 7.05. The summed E-state index contributed by atoms with van der Waals surface area (Å²) >= 11 is 5.91. The minimum absolute atomic E-state index is 0.0123. The number of nitrogens with one attached hydrogen (secondary N) is 2. The van der Waals surface area contributed by atoms with Gasteiger partial charge in [-0.05, 0) is 48.2 Å². The van der Waals surface area contributed by atoms with Crippen LogP contribution < -0.4 is 15.1 Å². The van der Waals surface area contributed by atoms with Crippen LogP contribution in [0.5, 0.6) is 0 Å². The van der Waals surface area contributed by atoms with Crippen LogP contribution in [-0.4, -0.2) is 52.8 Å². The second kappa shape index (κ2) is 7.69. The summed E-state index contributed by atoms with van der Waals surface area (Å²) in [5.74, 6) is 1.07. The van der Waals surface area contributed by atoms with E-state index in [0.29, 0.717) is 23.4 Å². The molecule has 1 aliphatic heterocycles. The number of aromatic nitrogens is 4. The first-order valence-electron chi connectivity index (χ1n) is 8.31. The Morgan fingerprint density at radius 1 is 1.40 bits per heavy atom. The quantitative estimate of drug-likeness (QED) is 0.873. The molecule has 3 rings (SSSR count). The Morgan fingerprint density at radius 2 is 2.16 bits per heavy atom. The predicted molar refractivity (Wildman–Crippen MR) is 97.0 cm³/mol. The number of H-pyrrole nitrogens is 1. The summed E-state index contributed by atoms with van der Waals surface area (Å²) in [6.07, 6.45) is 1.93. The van der Waals surface area contributed by atoms with Crippen molar-refractivity contribution in [2.75, 3.05) is 29.9 Å². The lowest BCUT2D eigenvalue weighted by molar-refractivity contribution is 0.242. The van der Waals surface area contributed by atoms with Crippen molar-refractivity contribution < 1.29 is 4.79 Å². The van der Waals surface area contributed by atoms with Crippen molar-refractivity contribution in [2.24, 2.45) is 5.92 Å². The molecule has 2 atom stereocenters. The number of hydrogen-bond donors (Lipinski definition) is 2. The van der Waals surface area contributed by atoms with Crippen LogP contribution in [0.3, 0.4) is 0 Å². The van der Waals surface area contributed by atoms with E-state index in [1.54, 1.807) is 24.1 Å². The van der Waals surface area contributed by atoms with Gasteiger partial charge in [0.2, 0.25) is 0 Å². The van der Waals surface area contributed by atoms with Crippen molar-refractivity contribution >= 4 is 29.3 Å². The van der Waals surface area contributed by atoms with Crippen LogP contribution in [0.15, 0.2) is 24.3 Å². The van der Waals surface area contributed by atoms with Crippen LogP contribution in [0.2, 0.25) is 5.02 Å². The van der Waals surface area contributed by atoms with Gasteiger partial charge in [-0.25, -0.2) is 4.79 Å². The van der Waals surface area contributed by atoms with E-state index in [-0.39, 0.29) is 12.1 Å². The maximum absolute atomic E-state index is 12.6. The second-order valence-electron chi connectivity index (χ2n) is 6.47. The highest BCUT2D eigenvalue weighted by molar-refractivity contribution is 6.30. The number of rotatable bonds is 3. The largest absolute Gasteiger partial charge is 0.336 e. The van der Waals surface area contributed by atoms with Gasteiger partial charge in [-0.1, -0.05) is 23.6 Å². The average Bonchev–Trinajstić information content (AvgIpc) is 3.06. The van der Waals surface area contributed by atoms with Crippen LogP contribution in [0, 0.1) is 5.92 Å². The van der Waals surface area contributed by atoms with Crippen molar-refractivity contribution in [3.63, 3.8) is 0 Å². The highest BCUT2D eigenvalue weighted by atomic mass is 35.5. The maximum Gasteiger partial charge on any atom is 0.321 e. The van der Waals surface area contributed by atoms with Crippen LogP contribution in [0.1, 0.15) is 19.8 Å². The fourth-order valence-corrected chi connectivity index (χ4v) is 3.17. The monoisotopic (exact) mass is 363 g/mol. The Balaban J connectivity index is 1.66. The lowest BCUT2D eigenvalue weighted by Gasteiger charge is -2.26. The number of carbonyl (C=O) groups is 1. The normalized spacial score (nSPS) is 20.8. The van der Waals surface area contributed by atoms with Gasteiger partial charge in [0.25, 0.3) is 5.95 Å². The van der Waals surface area contributed by atoms with Crippen molar-refractivity contribution in [1.82, 2.24) is 25.9 Å². The summed E-state index contributed by atoms with van der Waals surface area (Å²) in [5.41, 5.74) is 0.790. The smallest absolute Gasteiger partial charge is 0.321 e. The van der Waals surface area contributed by atoms with E-state index in [9.17, 15) is 4.79 Å². The summed E-state index contributed by atoms with van der Waals surface area (Å²) in [6.45, 7) is 3.70. The minimum Gasteiger partial charge on any atom is -0.336 e. The molecule has 2 N–H and O–H groups in total. The van der Waals surface area contributed by atoms with Gasteiger partial charge in [-0.15, -0.1) is 5.10 Å². The van der Waals surface area contributed by atoms with Crippen LogP contribution >= 0.6 is 11.6 Å². The van der Waals surface area contributed by atoms with Gasteiger partial charge in [0.15, 0.2) is 0 Å². The van der Waals surface area contributed by atoms with Crippen LogP contribution in [-0.2, 0) is 0 Å². The number of tetrazole rings is 1. The van der Waals surface area contributed by atoms with Gasteiger partial charge in [-0.3, -0.25) is 4.90 Å². The number of anilines is 2. The van der Waals surface area contributed by atoms with Crippen molar-refractivity contribution in [3.8, 4) is 0 Å². The molecule has 8 nitrogen and oxygen atoms in total. The van der Waals surface area contributed by atoms with Gasteiger partial charge in [0, 0.05) is 36.9 Å². The SMILES string of the molecule is C[C@@H]1CCN(c2nn[nH]n2)C[C@@H](NC(=O)N(C)c2ccc(Cl)cc2)C1. The fraction of sp³-hybridized carbons (Fsp3) is 0.500. The first kappa shape index (κ1) is 17.5. The zero-order valence-electron chi connectivity index (χ0n) is 14.3. The summed E-state index contributed by atoms with van der Waals surface area (Å²) in [4.78, 5) is 16.3. The number of amides is 2. The molecule has 1 fully saturated rings. The summed E-state index contributed by atoms with van der Waals surface area (Å²) in [7, 11) is 1.75. The summed E-state index contributed by atoms with van der Waals surface area (Å²) < 4.78 is 0. The standard InChI is InChI=1S/C16H22ClN7O/c1-11-7-8-24(15-19-21-22-20-15)10-13(9-11)18-16(25)23(2)14-5-3-12(17)4-6-14/h3-6,11,13H,7-10H2,1-2H3,(H,18,25)(H,19,20,21,22)/t11-,13+/m1/s1. The molecule has 1 aromatic carbocycles. The van der Waals surface area contributed by atoms with E-state index in [1.165, 1.54) is 0 Å². The first-order chi connectivity index (χ1) is 12.0. The van der Waals surface area contributed by atoms with E-state index in [2.05, 4.69) is 37.8 Å². The fourth-order valence-electron chi connectivity index (χ4n) is 3.04. The molecule has 2 heterocycles. The second-order valence-corrected chi connectivity index (χ2v) is 6.91. The molecular weight excluding hydrogens is 342 g/mol. The van der Waals surface area contributed by atoms with E-state index >= 15 is 0 Å². The number of carbonyl (C=O) groups excluding carboxylic acids is 1. The lowest BCUT2D eigenvalue weighted by atomic mass is 10.0. The molecule has 2 aromatic rings. The van der Waals surface area contributed by atoms with Gasteiger partial charge in [-0.2, -0.15) is 5.21 Å². The third-order valence-electron chi connectivity index (χ3n) is 4.48. The Hall–Kier alpha value is -2.35. The molecule has 0 unspecified atom stereocenters. The topological polar surface area (TPSA) is 90.0 Å². The third-order valence-corrected chi connectivity index (χ3v) is 4.73. The molecule has 134 valence electrons. The van der Waals surface area contributed by atoms with Crippen LogP contribution in [0.4, 0.5) is 16.4 Å². The molecular formula is C16H22ClN7O. The predicted octanol–water partition coefficient (Wildman–Crippen LogP) is 2.30. The Kier molecular flexibility index (Phi) is 5.37. The van der Waals surface area contributed by atoms with Gasteiger partial charge in [0.05, 0.1) is 0 Å². The molecule has 0 aliphatic carbocycles. The van der Waals surface area contributed by atoms with Gasteiger partial charge in [0.1, 0.15) is 0 Å². The van der Waals surface area contributed by atoms with E-state index in [4.69, 9.17) is 11.6 Å². The molecule has 0 radical (unpaired) electrons. The molecule has 1 aliphatic rings. The third kappa shape index (κ3) is 4.39. The van der Waals surface area contributed by atoms with Gasteiger partial charge < -0.3 is 10.2 Å². The molecule has 1 saturated heterocycles. The van der Waals surface area contributed by atoms with E-state index in [0.717, 1.165) is 25.1 Å². The zero-order valence-corrected chi connectivity index (χ0v) is 15.1. The number of urea groups is 1.